The Morgan fingerprint density at radius 1 is 1.38 bits per heavy atom. The molecule has 0 aliphatic carbocycles. The van der Waals surface area contributed by atoms with E-state index in [4.69, 9.17) is 4.74 Å². The maximum absolute atomic E-state index is 12.5. The predicted molar refractivity (Wildman–Crippen MR) is 84.1 cm³/mol. The van der Waals surface area contributed by atoms with Crippen molar-refractivity contribution >= 4 is 22.1 Å². The summed E-state index contributed by atoms with van der Waals surface area (Å²) in [4.78, 5) is 13.3. The third-order valence-electron chi connectivity index (χ3n) is 3.13. The van der Waals surface area contributed by atoms with Gasteiger partial charge < -0.3 is 14.6 Å². The molecule has 24 heavy (non-hydrogen) atoms. The van der Waals surface area contributed by atoms with E-state index in [0.717, 1.165) is 11.6 Å². The number of aromatic nitrogens is 1. The molecular formula is C16H16N2O5S. The molecule has 2 N–H and O–H groups in total. The number of benzene rings is 1. The SMILES string of the molecule is COc1ccc(C=CC(=O)[O-])cc1S(=O)(=O)NCc1ccc[nH+]c1. The first-order chi connectivity index (χ1) is 11.4. The molecule has 0 spiro atoms. The largest absolute Gasteiger partial charge is 0.545 e. The van der Waals surface area contributed by atoms with Gasteiger partial charge in [-0.15, -0.1) is 0 Å². The molecule has 126 valence electrons. The Balaban J connectivity index is 2.29. The molecule has 1 aromatic heterocycles. The Hall–Kier alpha value is -2.71. The van der Waals surface area contributed by atoms with E-state index < -0.39 is 16.0 Å². The minimum Gasteiger partial charge on any atom is -0.545 e. The van der Waals surface area contributed by atoms with E-state index in [2.05, 4.69) is 9.71 Å². The molecule has 1 heterocycles. The van der Waals surface area contributed by atoms with E-state index in [-0.39, 0.29) is 17.2 Å². The minimum absolute atomic E-state index is 0.0783. The summed E-state index contributed by atoms with van der Waals surface area (Å²) in [5.41, 5.74) is 1.15. The maximum Gasteiger partial charge on any atom is 0.244 e. The molecule has 0 unspecified atom stereocenters. The fraction of sp³-hybridized carbons (Fsp3) is 0.125. The minimum atomic E-state index is -3.85. The second kappa shape index (κ2) is 7.71. The lowest BCUT2D eigenvalue weighted by atomic mass is 10.2. The predicted octanol–water partition coefficient (Wildman–Crippen LogP) is -0.249. The van der Waals surface area contributed by atoms with Crippen LogP contribution in [0.25, 0.3) is 6.08 Å². The van der Waals surface area contributed by atoms with Crippen molar-refractivity contribution < 1.29 is 28.0 Å². The number of carbonyl (C=O) groups excluding carboxylic acids is 1. The number of aliphatic carboxylic acids is 1. The van der Waals surface area contributed by atoms with Crippen LogP contribution in [0, 0.1) is 0 Å². The molecule has 0 fully saturated rings. The van der Waals surface area contributed by atoms with E-state index >= 15 is 0 Å². The topological polar surface area (TPSA) is 110 Å². The number of nitrogens with one attached hydrogen (secondary N) is 2. The van der Waals surface area contributed by atoms with E-state index in [1.807, 2.05) is 0 Å². The van der Waals surface area contributed by atoms with Gasteiger partial charge in [0.15, 0.2) is 12.4 Å². The van der Waals surface area contributed by atoms with Crippen LogP contribution in [0.4, 0.5) is 0 Å². The molecular weight excluding hydrogens is 332 g/mol. The normalized spacial score (nSPS) is 11.5. The van der Waals surface area contributed by atoms with E-state index in [1.165, 1.54) is 25.3 Å². The molecule has 0 saturated heterocycles. The fourth-order valence-electron chi connectivity index (χ4n) is 1.97. The van der Waals surface area contributed by atoms with Crippen LogP contribution < -0.4 is 19.5 Å². The molecule has 0 atom stereocenters. The Morgan fingerprint density at radius 3 is 2.79 bits per heavy atom. The van der Waals surface area contributed by atoms with Gasteiger partial charge in [0.1, 0.15) is 10.6 Å². The zero-order chi connectivity index (χ0) is 17.6. The number of carboxylic acids is 1. The van der Waals surface area contributed by atoms with Gasteiger partial charge in [-0.05, 0) is 29.8 Å². The van der Waals surface area contributed by atoms with Crippen molar-refractivity contribution in [1.82, 2.24) is 4.72 Å². The molecule has 0 bridgehead atoms. The summed E-state index contributed by atoms with van der Waals surface area (Å²) in [6.45, 7) is 0.0991. The standard InChI is InChI=1S/C16H16N2O5S/c1-23-14-6-4-12(5-7-16(19)20)9-15(14)24(21,22)18-11-13-3-2-8-17-10-13/h2-10,18H,11H2,1H3,(H,19,20). The number of sulfonamides is 1. The molecule has 2 rings (SSSR count). The maximum atomic E-state index is 12.5. The van der Waals surface area contributed by atoms with Crippen LogP contribution in [0.1, 0.15) is 11.1 Å². The third kappa shape index (κ3) is 4.64. The van der Waals surface area contributed by atoms with Gasteiger partial charge in [0.25, 0.3) is 0 Å². The van der Waals surface area contributed by atoms with Gasteiger partial charge in [-0.3, -0.25) is 0 Å². The van der Waals surface area contributed by atoms with Gasteiger partial charge in [0.2, 0.25) is 10.0 Å². The second-order valence-electron chi connectivity index (χ2n) is 4.80. The van der Waals surface area contributed by atoms with E-state index in [9.17, 15) is 18.3 Å². The van der Waals surface area contributed by atoms with Crippen LogP contribution in [0.5, 0.6) is 5.75 Å². The first-order valence-electron chi connectivity index (χ1n) is 6.94. The molecule has 0 aliphatic heterocycles. The Morgan fingerprint density at radius 2 is 2.17 bits per heavy atom. The van der Waals surface area contributed by atoms with Gasteiger partial charge >= 0.3 is 0 Å². The summed E-state index contributed by atoms with van der Waals surface area (Å²) in [5.74, 6) is -1.21. The van der Waals surface area contributed by atoms with Crippen LogP contribution in [0.2, 0.25) is 0 Å². The summed E-state index contributed by atoms with van der Waals surface area (Å²) < 4.78 is 32.6. The highest BCUT2D eigenvalue weighted by atomic mass is 32.2. The summed E-state index contributed by atoms with van der Waals surface area (Å²) >= 11 is 0. The number of carbonyl (C=O) groups is 1. The number of carboxylic acid groups (broad SMARTS) is 1. The molecule has 0 radical (unpaired) electrons. The molecule has 0 saturated carbocycles. The average molecular weight is 348 g/mol. The average Bonchev–Trinajstić information content (AvgIpc) is 2.59. The molecule has 7 nitrogen and oxygen atoms in total. The van der Waals surface area contributed by atoms with Gasteiger partial charge in [0, 0.05) is 18.2 Å². The quantitative estimate of drug-likeness (QED) is 0.694. The lowest BCUT2D eigenvalue weighted by Gasteiger charge is -2.11. The number of ether oxygens (including phenoxy) is 1. The molecule has 2 aromatic rings. The van der Waals surface area contributed by atoms with Crippen LogP contribution >= 0.6 is 0 Å². The first kappa shape index (κ1) is 17.6. The van der Waals surface area contributed by atoms with Gasteiger partial charge in [0.05, 0.1) is 13.1 Å². The van der Waals surface area contributed by atoms with Crippen molar-refractivity contribution in [3.63, 3.8) is 0 Å². The second-order valence-corrected chi connectivity index (χ2v) is 6.53. The number of methoxy groups -OCH3 is 1. The number of aromatic amines is 1. The number of rotatable bonds is 7. The van der Waals surface area contributed by atoms with Crippen molar-refractivity contribution in [2.45, 2.75) is 11.4 Å². The zero-order valence-corrected chi connectivity index (χ0v) is 13.7. The first-order valence-corrected chi connectivity index (χ1v) is 8.42. The monoisotopic (exact) mass is 348 g/mol. The highest BCUT2D eigenvalue weighted by Gasteiger charge is 2.19. The molecule has 0 aliphatic rings. The number of pyridine rings is 1. The zero-order valence-electron chi connectivity index (χ0n) is 12.9. The highest BCUT2D eigenvalue weighted by Crippen LogP contribution is 2.25. The van der Waals surface area contributed by atoms with Crippen molar-refractivity contribution in [1.29, 1.82) is 0 Å². The lowest BCUT2D eigenvalue weighted by molar-refractivity contribution is -0.378. The van der Waals surface area contributed by atoms with Crippen LogP contribution in [-0.4, -0.2) is 21.5 Å². The van der Waals surface area contributed by atoms with Crippen molar-refractivity contribution in [2.75, 3.05) is 7.11 Å². The van der Waals surface area contributed by atoms with Crippen LogP contribution in [-0.2, 0) is 21.4 Å². The van der Waals surface area contributed by atoms with Gasteiger partial charge in [-0.25, -0.2) is 18.1 Å². The molecule has 0 amide bonds. The van der Waals surface area contributed by atoms with Crippen LogP contribution in [0.3, 0.4) is 0 Å². The van der Waals surface area contributed by atoms with E-state index in [0.29, 0.717) is 5.56 Å². The lowest BCUT2D eigenvalue weighted by Crippen LogP contribution is -2.24. The van der Waals surface area contributed by atoms with Gasteiger partial charge in [-0.1, -0.05) is 12.1 Å². The van der Waals surface area contributed by atoms with Crippen molar-refractivity contribution in [3.8, 4) is 5.75 Å². The van der Waals surface area contributed by atoms with Gasteiger partial charge in [-0.2, -0.15) is 0 Å². The number of hydrogen-bond acceptors (Lipinski definition) is 5. The fourth-order valence-corrected chi connectivity index (χ4v) is 3.19. The highest BCUT2D eigenvalue weighted by molar-refractivity contribution is 7.89. The Bertz CT molecular complexity index is 848. The number of hydrogen-bond donors (Lipinski definition) is 1. The Kier molecular flexibility index (Phi) is 5.67. The van der Waals surface area contributed by atoms with Crippen molar-refractivity contribution in [3.05, 3.63) is 59.9 Å². The Labute approximate surface area is 139 Å². The summed E-state index contributed by atoms with van der Waals surface area (Å²) in [5, 5.41) is 10.5. The molecule has 8 heteroatoms. The van der Waals surface area contributed by atoms with Crippen molar-refractivity contribution in [2.24, 2.45) is 0 Å². The summed E-state index contributed by atoms with van der Waals surface area (Å²) in [6.07, 6.45) is 5.47. The summed E-state index contributed by atoms with van der Waals surface area (Å²) in [6, 6.07) is 7.87. The summed E-state index contributed by atoms with van der Waals surface area (Å²) in [7, 11) is -2.49. The third-order valence-corrected chi connectivity index (χ3v) is 4.55. The van der Waals surface area contributed by atoms with E-state index in [1.54, 1.807) is 30.6 Å². The number of H-pyrrole nitrogens is 1. The smallest absolute Gasteiger partial charge is 0.244 e. The molecule has 1 aromatic carbocycles. The van der Waals surface area contributed by atoms with Crippen LogP contribution in [0.15, 0.2) is 53.7 Å².